The number of thiophene rings is 1. The summed E-state index contributed by atoms with van der Waals surface area (Å²) in [5.41, 5.74) is 1.32. The Balaban J connectivity index is 1.23. The van der Waals surface area contributed by atoms with Crippen molar-refractivity contribution in [2.24, 2.45) is 5.92 Å². The largest absolute Gasteiger partial charge is 0.466 e. The van der Waals surface area contributed by atoms with Gasteiger partial charge in [0.05, 0.1) is 10.9 Å². The molecule has 3 aliphatic rings. The molecule has 1 aromatic carbocycles. The van der Waals surface area contributed by atoms with Gasteiger partial charge < -0.3 is 14.8 Å². The van der Waals surface area contributed by atoms with Crippen molar-refractivity contribution in [2.45, 2.75) is 50.6 Å². The van der Waals surface area contributed by atoms with Crippen molar-refractivity contribution in [3.8, 4) is 0 Å². The van der Waals surface area contributed by atoms with E-state index >= 15 is 0 Å². The smallest absolute Gasteiger partial charge is 0.175 e. The highest BCUT2D eigenvalue weighted by Gasteiger charge is 2.31. The van der Waals surface area contributed by atoms with Crippen molar-refractivity contribution in [1.29, 1.82) is 0 Å². The Bertz CT molecular complexity index is 1040. The fraction of sp³-hybridized carbons (Fsp3) is 0.346. The predicted molar refractivity (Wildman–Crippen MR) is 125 cm³/mol. The molecule has 0 saturated heterocycles. The van der Waals surface area contributed by atoms with E-state index in [1.165, 1.54) is 15.7 Å². The van der Waals surface area contributed by atoms with Gasteiger partial charge in [-0.3, -0.25) is 4.79 Å². The second-order valence-electron chi connectivity index (χ2n) is 8.42. The van der Waals surface area contributed by atoms with Gasteiger partial charge in [-0.2, -0.15) is 0 Å². The van der Waals surface area contributed by atoms with E-state index in [0.29, 0.717) is 11.8 Å². The molecule has 31 heavy (non-hydrogen) atoms. The molecule has 2 aromatic rings. The summed E-state index contributed by atoms with van der Waals surface area (Å²) >= 11 is 1.62. The monoisotopic (exact) mass is 433 g/mol. The van der Waals surface area contributed by atoms with E-state index in [0.717, 1.165) is 49.2 Å². The topological polar surface area (TPSA) is 47.6 Å². The van der Waals surface area contributed by atoms with Crippen molar-refractivity contribution in [1.82, 2.24) is 5.32 Å². The summed E-state index contributed by atoms with van der Waals surface area (Å²) < 4.78 is 12.3. The summed E-state index contributed by atoms with van der Waals surface area (Å²) in [6.45, 7) is 0. The number of fused-ring (bicyclic) bond motifs is 1. The van der Waals surface area contributed by atoms with Crippen molar-refractivity contribution in [3.63, 3.8) is 0 Å². The van der Waals surface area contributed by atoms with Gasteiger partial charge in [-0.15, -0.1) is 11.3 Å². The molecule has 1 fully saturated rings. The van der Waals surface area contributed by atoms with E-state index < -0.39 is 0 Å². The molecular formula is C26H27NO3S. The van der Waals surface area contributed by atoms with Gasteiger partial charge in [0.15, 0.2) is 11.5 Å². The summed E-state index contributed by atoms with van der Waals surface area (Å²) in [4.78, 5) is 14.0. The number of ether oxygens (including phenoxy) is 2. The van der Waals surface area contributed by atoms with Gasteiger partial charge in [0.2, 0.25) is 0 Å². The number of hydrogen-bond donors (Lipinski definition) is 1. The highest BCUT2D eigenvalue weighted by molar-refractivity contribution is 7.20. The molecule has 1 unspecified atom stereocenters. The molecule has 1 aliphatic heterocycles. The van der Waals surface area contributed by atoms with Gasteiger partial charge in [0.25, 0.3) is 0 Å². The van der Waals surface area contributed by atoms with Gasteiger partial charge >= 0.3 is 0 Å². The van der Waals surface area contributed by atoms with E-state index in [4.69, 9.17) is 9.47 Å². The van der Waals surface area contributed by atoms with Crippen molar-refractivity contribution >= 4 is 27.2 Å². The minimum atomic E-state index is 0.00902. The van der Waals surface area contributed by atoms with Crippen LogP contribution in [0.4, 0.5) is 0 Å². The number of carbonyl (C=O) groups excluding carboxylic acids is 1. The van der Waals surface area contributed by atoms with Crippen LogP contribution in [-0.2, 0) is 9.47 Å². The van der Waals surface area contributed by atoms with Crippen molar-refractivity contribution in [2.75, 3.05) is 0 Å². The molecule has 1 N–H and O–H groups in total. The van der Waals surface area contributed by atoms with Crippen LogP contribution in [-0.4, -0.2) is 17.9 Å². The Hall–Kier alpha value is -2.63. The van der Waals surface area contributed by atoms with Crippen LogP contribution < -0.4 is 5.32 Å². The summed E-state index contributed by atoms with van der Waals surface area (Å²) in [6.07, 6.45) is 17.2. The van der Waals surface area contributed by atoms with Crippen LogP contribution in [0.25, 0.3) is 10.1 Å². The van der Waals surface area contributed by atoms with E-state index in [-0.39, 0.29) is 12.0 Å². The lowest BCUT2D eigenvalue weighted by Gasteiger charge is -2.33. The Morgan fingerprint density at radius 1 is 1.13 bits per heavy atom. The van der Waals surface area contributed by atoms with Crippen LogP contribution in [0.1, 0.15) is 48.2 Å². The lowest BCUT2D eigenvalue weighted by molar-refractivity contribution is 0.0881. The number of hydrogen-bond acceptors (Lipinski definition) is 5. The zero-order valence-electron chi connectivity index (χ0n) is 17.5. The van der Waals surface area contributed by atoms with E-state index in [1.807, 2.05) is 12.1 Å². The van der Waals surface area contributed by atoms with Crippen LogP contribution in [0.3, 0.4) is 0 Å². The lowest BCUT2D eigenvalue weighted by Crippen LogP contribution is -2.43. The third-order valence-electron chi connectivity index (χ3n) is 6.39. The molecule has 1 aromatic heterocycles. The quantitative estimate of drug-likeness (QED) is 0.548. The van der Waals surface area contributed by atoms with Gasteiger partial charge in [0.1, 0.15) is 18.8 Å². The Morgan fingerprint density at radius 2 is 2.00 bits per heavy atom. The van der Waals surface area contributed by atoms with Crippen LogP contribution in [0, 0.1) is 5.92 Å². The highest BCUT2D eigenvalue weighted by Crippen LogP contribution is 2.33. The van der Waals surface area contributed by atoms with Crippen LogP contribution >= 0.6 is 11.3 Å². The molecule has 0 amide bonds. The summed E-state index contributed by atoms with van der Waals surface area (Å²) in [5, 5.41) is 4.97. The average Bonchev–Trinajstić information content (AvgIpc) is 3.28. The maximum absolute atomic E-state index is 13.1. The Morgan fingerprint density at radius 3 is 2.74 bits per heavy atom. The number of rotatable bonds is 6. The van der Waals surface area contributed by atoms with Crippen LogP contribution in [0.5, 0.6) is 0 Å². The minimum Gasteiger partial charge on any atom is -0.466 e. The van der Waals surface area contributed by atoms with E-state index in [9.17, 15) is 4.79 Å². The van der Waals surface area contributed by atoms with Gasteiger partial charge in [0, 0.05) is 16.7 Å². The van der Waals surface area contributed by atoms with Gasteiger partial charge in [-0.25, -0.2) is 0 Å². The van der Waals surface area contributed by atoms with E-state index in [1.54, 1.807) is 30.1 Å². The first-order valence-corrected chi connectivity index (χ1v) is 11.9. The number of carbonyl (C=O) groups is 1. The van der Waals surface area contributed by atoms with Crippen LogP contribution in [0.15, 0.2) is 78.7 Å². The molecule has 4 nitrogen and oxygen atoms in total. The van der Waals surface area contributed by atoms with Crippen molar-refractivity contribution in [3.05, 3.63) is 83.6 Å². The number of ketones is 1. The summed E-state index contributed by atoms with van der Waals surface area (Å²) in [6, 6.07) is 10.7. The minimum absolute atomic E-state index is 0.00902. The normalized spacial score (nSPS) is 24.1. The molecule has 0 radical (unpaired) electrons. The fourth-order valence-corrected chi connectivity index (χ4v) is 5.79. The maximum atomic E-state index is 13.1. The first-order chi connectivity index (χ1) is 15.3. The number of Topliss-reactive ketones (excluding diaryl/α,β-unsaturated/α-hetero) is 1. The number of allylic oxidation sites excluding steroid dienone is 3. The number of benzene rings is 1. The van der Waals surface area contributed by atoms with Crippen LogP contribution in [0.2, 0.25) is 0 Å². The van der Waals surface area contributed by atoms with Gasteiger partial charge in [-0.1, -0.05) is 36.4 Å². The van der Waals surface area contributed by atoms with Gasteiger partial charge in [-0.05, 0) is 61.6 Å². The highest BCUT2D eigenvalue weighted by atomic mass is 32.1. The third-order valence-corrected chi connectivity index (χ3v) is 7.52. The average molecular weight is 434 g/mol. The standard InChI is InChI=1S/C26H27NO3S/c28-26(24-16-20-8-4-5-9-23(20)31-24)19-10-12-21(13-11-19)27-25(18-6-2-1-3-7-18)22-17-29-14-15-30-22/h1-2,4-6,8-9,14-17,19,21,25,27H,3,7,10-13H2. The second kappa shape index (κ2) is 9.25. The fourth-order valence-electron chi connectivity index (χ4n) is 4.70. The molecule has 160 valence electrons. The molecule has 0 bridgehead atoms. The SMILES string of the molecule is O=C(c1cc2ccccc2s1)C1CCC(NC(C2=CC=CCC2)C2=COC=CO2)CC1. The van der Waals surface area contributed by atoms with Crippen molar-refractivity contribution < 1.29 is 14.3 Å². The molecule has 5 rings (SSSR count). The first kappa shape index (κ1) is 20.3. The zero-order chi connectivity index (χ0) is 21.0. The molecular weight excluding hydrogens is 406 g/mol. The number of nitrogens with one attached hydrogen (secondary N) is 1. The second-order valence-corrected chi connectivity index (χ2v) is 9.50. The predicted octanol–water partition coefficient (Wildman–Crippen LogP) is 6.24. The van der Waals surface area contributed by atoms with E-state index in [2.05, 4.69) is 41.7 Å². The molecule has 2 heterocycles. The third kappa shape index (κ3) is 4.53. The lowest BCUT2D eigenvalue weighted by atomic mass is 9.82. The maximum Gasteiger partial charge on any atom is 0.175 e. The molecule has 1 saturated carbocycles. The Labute approximate surface area is 186 Å². The molecule has 0 spiro atoms. The first-order valence-electron chi connectivity index (χ1n) is 11.1. The molecule has 1 atom stereocenters. The molecule has 5 heteroatoms. The Kier molecular flexibility index (Phi) is 6.05. The zero-order valence-corrected chi connectivity index (χ0v) is 18.3. The molecule has 2 aliphatic carbocycles. The summed E-state index contributed by atoms with van der Waals surface area (Å²) in [7, 11) is 0. The summed E-state index contributed by atoms with van der Waals surface area (Å²) in [5.74, 6) is 1.23.